The van der Waals surface area contributed by atoms with Gasteiger partial charge in [0.2, 0.25) is 0 Å². The number of rotatable bonds is 1. The maximum Gasteiger partial charge on any atom is 0.352 e. The monoisotopic (exact) mass is 359 g/mol. The maximum atomic E-state index is 13.3. The highest BCUT2D eigenvalue weighted by atomic mass is 16.2. The van der Waals surface area contributed by atoms with Gasteiger partial charge in [0.1, 0.15) is 0 Å². The normalized spacial score (nSPS) is 47.9. The molecule has 1 aromatic carbocycles. The Morgan fingerprint density at radius 3 is 1.74 bits per heavy atom. The van der Waals surface area contributed by atoms with Crippen molar-refractivity contribution in [2.45, 2.75) is 12.1 Å². The number of hydrogen-bond acceptors (Lipinski definition) is 4. The smallest absolute Gasteiger partial charge is 0.294 e. The van der Waals surface area contributed by atoms with Gasteiger partial charge in [0.15, 0.2) is 11.6 Å². The van der Waals surface area contributed by atoms with Gasteiger partial charge in [-0.25, -0.2) is 23.5 Å². The minimum absolute atomic E-state index is 0.0152. The molecule has 7 aliphatic rings. The van der Waals surface area contributed by atoms with Gasteiger partial charge in [0.25, 0.3) is 0 Å². The van der Waals surface area contributed by atoms with Crippen LogP contribution in [0, 0.1) is 34.5 Å². The first-order chi connectivity index (χ1) is 13.1. The molecule has 3 heterocycles. The van der Waals surface area contributed by atoms with Crippen LogP contribution in [0.4, 0.5) is 0 Å². The number of hydrogen-bond donors (Lipinski definition) is 0. The number of nitrogens with zero attached hydrogens (tertiary/aromatic N) is 3. The van der Waals surface area contributed by atoms with Gasteiger partial charge in [-0.1, -0.05) is 18.2 Å². The molecule has 0 amide bonds. The van der Waals surface area contributed by atoms with E-state index in [0.29, 0.717) is 11.6 Å². The van der Waals surface area contributed by atoms with E-state index in [9.17, 15) is 19.2 Å². The summed E-state index contributed by atoms with van der Waals surface area (Å²) < 4.78 is 4.26. The summed E-state index contributed by atoms with van der Waals surface area (Å²) in [4.78, 5) is 52.6. The zero-order valence-electron chi connectivity index (χ0n) is 14.0. The first-order valence-electron chi connectivity index (χ1n) is 9.38. The topological polar surface area (TPSA) is 83.1 Å². The van der Waals surface area contributed by atoms with Crippen LogP contribution >= 0.6 is 0 Å². The molecule has 9 rings (SSSR count). The summed E-state index contributed by atoms with van der Waals surface area (Å²) in [6.45, 7) is 0. The highest BCUT2D eigenvalue weighted by Gasteiger charge is 3.07. The summed E-state index contributed by atoms with van der Waals surface area (Å²) in [6, 6.07) is 8.14. The van der Waals surface area contributed by atoms with Crippen molar-refractivity contribution in [1.82, 2.24) is 13.9 Å². The Labute approximate surface area is 151 Å². The third-order valence-corrected chi connectivity index (χ3v) is 8.57. The molecule has 2 spiro atoms. The van der Waals surface area contributed by atoms with Crippen LogP contribution in [-0.2, 0) is 9.59 Å². The van der Waals surface area contributed by atoms with E-state index in [1.807, 2.05) is 6.07 Å². The second-order valence-electron chi connectivity index (χ2n) is 8.82. The molecule has 7 nitrogen and oxygen atoms in total. The highest BCUT2D eigenvalue weighted by molar-refractivity contribution is 6.18. The zero-order chi connectivity index (χ0) is 18.0. The van der Waals surface area contributed by atoms with Crippen LogP contribution in [-0.4, -0.2) is 25.5 Å². The lowest BCUT2D eigenvalue weighted by molar-refractivity contribution is -0.140. The average Bonchev–Trinajstić information content (AvgIpc) is 3.45. The number of allylic oxidation sites excluding steroid dienone is 2. The van der Waals surface area contributed by atoms with Crippen LogP contribution in [0.25, 0.3) is 5.69 Å². The van der Waals surface area contributed by atoms with Crippen molar-refractivity contribution in [1.29, 1.82) is 0 Å². The quantitative estimate of drug-likeness (QED) is 0.723. The van der Waals surface area contributed by atoms with E-state index in [2.05, 4.69) is 0 Å². The lowest BCUT2D eigenvalue weighted by Crippen LogP contribution is -2.57. The molecule has 132 valence electrons. The molecule has 2 aromatic rings. The van der Waals surface area contributed by atoms with Crippen molar-refractivity contribution in [3.63, 3.8) is 0 Å². The van der Waals surface area contributed by atoms with Crippen molar-refractivity contribution in [3.05, 3.63) is 63.5 Å². The summed E-state index contributed by atoms with van der Waals surface area (Å²) in [6.07, 6.45) is 2.81. The van der Waals surface area contributed by atoms with Crippen molar-refractivity contribution in [2.24, 2.45) is 34.5 Å². The van der Waals surface area contributed by atoms with Gasteiger partial charge in [0, 0.05) is 0 Å². The van der Waals surface area contributed by atoms with Crippen LogP contribution < -0.4 is 11.4 Å². The fourth-order valence-corrected chi connectivity index (χ4v) is 8.21. The Balaban J connectivity index is 1.50. The molecule has 2 aliphatic heterocycles. The number of carbonyl (C=O) groups excluding carboxylic acids is 2. The van der Waals surface area contributed by atoms with Crippen LogP contribution in [0.5, 0.6) is 0 Å². The minimum Gasteiger partial charge on any atom is -0.294 e. The van der Waals surface area contributed by atoms with E-state index in [0.717, 1.165) is 0 Å². The first kappa shape index (κ1) is 13.2. The van der Waals surface area contributed by atoms with Crippen LogP contribution in [0.2, 0.25) is 0 Å². The lowest BCUT2D eigenvalue weighted by Gasteiger charge is -2.47. The molecule has 7 heteroatoms. The van der Waals surface area contributed by atoms with Crippen molar-refractivity contribution < 1.29 is 9.59 Å². The second-order valence-corrected chi connectivity index (χ2v) is 8.82. The fourth-order valence-electron chi connectivity index (χ4n) is 8.21. The average molecular weight is 359 g/mol. The van der Waals surface area contributed by atoms with Gasteiger partial charge in [-0.3, -0.25) is 9.59 Å². The molecule has 2 bridgehead atoms. The first-order valence-corrected chi connectivity index (χ1v) is 9.38. The minimum atomic E-state index is -0.771. The number of ketones is 2. The molecule has 2 unspecified atom stereocenters. The van der Waals surface area contributed by atoms with E-state index in [4.69, 9.17) is 0 Å². The van der Waals surface area contributed by atoms with E-state index in [1.54, 1.807) is 24.3 Å². The third-order valence-electron chi connectivity index (χ3n) is 8.57. The molecule has 1 aromatic heterocycles. The predicted octanol–water partition coefficient (Wildman–Crippen LogP) is 0.0965. The van der Waals surface area contributed by atoms with E-state index >= 15 is 0 Å². The molecule has 0 N–H and O–H groups in total. The van der Waals surface area contributed by atoms with E-state index in [1.165, 1.54) is 26.1 Å². The second kappa shape index (κ2) is 3.32. The Bertz CT molecular complexity index is 1240. The van der Waals surface area contributed by atoms with E-state index in [-0.39, 0.29) is 41.4 Å². The summed E-state index contributed by atoms with van der Waals surface area (Å²) in [7, 11) is 0. The summed E-state index contributed by atoms with van der Waals surface area (Å²) in [5.41, 5.74) is -1.81. The SMILES string of the molecule is O=C1C=CC(=O)[C@@]23C4C5[C@@H]6[C@H]5[C@H]2n2c(=O)n(-c5ccccc5)c(=O)n2[C@@H]6[C@@]143. The molecule has 8 atom stereocenters. The Hall–Kier alpha value is -2.96. The zero-order valence-corrected chi connectivity index (χ0v) is 14.0. The van der Waals surface area contributed by atoms with Gasteiger partial charge in [-0.05, 0) is 48.0 Å². The standard InChI is InChI=1S/C20H13N3O4/c24-9-6-7-10(25)20-14-11-12-13(11)16(20)23-18(27)21(8-4-2-1-3-5-8)17(26)22(23)15(12)19(9,14)20/h1-7,11-16H/t11?,12-,13+,14?,15+,16-,19-,20-/m1/s1. The molecule has 0 saturated heterocycles. The predicted molar refractivity (Wildman–Crippen MR) is 90.3 cm³/mol. The summed E-state index contributed by atoms with van der Waals surface area (Å²) >= 11 is 0. The molecule has 4 saturated carbocycles. The highest BCUT2D eigenvalue weighted by Crippen LogP contribution is 3.03. The van der Waals surface area contributed by atoms with Crippen molar-refractivity contribution >= 4 is 11.6 Å². The molecular weight excluding hydrogens is 346 g/mol. The largest absolute Gasteiger partial charge is 0.352 e. The lowest BCUT2D eigenvalue weighted by atomic mass is 9.65. The van der Waals surface area contributed by atoms with Crippen LogP contribution in [0.1, 0.15) is 12.1 Å². The van der Waals surface area contributed by atoms with Gasteiger partial charge in [-0.15, -0.1) is 0 Å². The number of carbonyl (C=O) groups is 2. The van der Waals surface area contributed by atoms with Gasteiger partial charge < -0.3 is 0 Å². The van der Waals surface area contributed by atoms with Gasteiger partial charge in [-0.2, -0.15) is 0 Å². The maximum absolute atomic E-state index is 13.3. The Morgan fingerprint density at radius 1 is 0.704 bits per heavy atom. The Kier molecular flexibility index (Phi) is 1.63. The number of para-hydroxylation sites is 1. The van der Waals surface area contributed by atoms with Gasteiger partial charge >= 0.3 is 11.4 Å². The molecular formula is C20H13N3O4. The van der Waals surface area contributed by atoms with E-state index < -0.39 is 22.2 Å². The summed E-state index contributed by atoms with van der Waals surface area (Å²) in [5, 5.41) is 0. The Morgan fingerprint density at radius 2 is 1.22 bits per heavy atom. The van der Waals surface area contributed by atoms with Gasteiger partial charge in [0.05, 0.1) is 28.6 Å². The van der Waals surface area contributed by atoms with Crippen LogP contribution in [0.3, 0.4) is 0 Å². The molecule has 27 heavy (non-hydrogen) atoms. The fraction of sp³-hybridized carbons (Fsp3) is 0.400. The summed E-state index contributed by atoms with van der Waals surface area (Å²) in [5.74, 6) is 0.796. The third kappa shape index (κ3) is 0.890. The number of aromatic nitrogens is 3. The molecule has 0 radical (unpaired) electrons. The van der Waals surface area contributed by atoms with Crippen molar-refractivity contribution in [2.75, 3.05) is 0 Å². The number of benzene rings is 1. The molecule has 5 aliphatic carbocycles. The van der Waals surface area contributed by atoms with Crippen LogP contribution in [0.15, 0.2) is 52.1 Å². The van der Waals surface area contributed by atoms with Crippen molar-refractivity contribution in [3.8, 4) is 5.69 Å². The molecule has 4 fully saturated rings.